The van der Waals surface area contributed by atoms with Crippen molar-refractivity contribution < 1.29 is 19.0 Å². The van der Waals surface area contributed by atoms with Gasteiger partial charge < -0.3 is 10.2 Å². The number of nitrogens with zero attached hydrogens (tertiary/aromatic N) is 2. The van der Waals surface area contributed by atoms with Gasteiger partial charge in [0.15, 0.2) is 0 Å². The highest BCUT2D eigenvalue weighted by Gasteiger charge is 2.00. The van der Waals surface area contributed by atoms with Crippen molar-refractivity contribution >= 4 is 12.4 Å². The van der Waals surface area contributed by atoms with Gasteiger partial charge in [0.1, 0.15) is 23.1 Å². The molecule has 2 aromatic rings. The number of halogens is 2. The first-order valence-corrected chi connectivity index (χ1v) is 11.5. The minimum absolute atomic E-state index is 0.0482. The van der Waals surface area contributed by atoms with Crippen LogP contribution < -0.4 is 0 Å². The third-order valence-corrected chi connectivity index (χ3v) is 5.26. The number of phenols is 2. The molecule has 0 aliphatic rings. The van der Waals surface area contributed by atoms with Gasteiger partial charge in [0, 0.05) is 36.6 Å². The molecular formula is C26H34F2N2O2. The quantitative estimate of drug-likeness (QED) is 0.234. The van der Waals surface area contributed by atoms with Crippen molar-refractivity contribution in [3.8, 4) is 11.5 Å². The monoisotopic (exact) mass is 444 g/mol. The number of benzene rings is 2. The summed E-state index contributed by atoms with van der Waals surface area (Å²) in [5, 5.41) is 19.3. The fraction of sp³-hybridized carbons (Fsp3) is 0.462. The van der Waals surface area contributed by atoms with Gasteiger partial charge in [-0.2, -0.15) is 0 Å². The second-order valence-corrected chi connectivity index (χ2v) is 8.01. The molecule has 0 atom stereocenters. The van der Waals surface area contributed by atoms with Gasteiger partial charge in [-0.25, -0.2) is 8.78 Å². The van der Waals surface area contributed by atoms with E-state index in [-0.39, 0.29) is 23.1 Å². The van der Waals surface area contributed by atoms with E-state index < -0.39 is 0 Å². The Kier molecular flexibility index (Phi) is 12.0. The second kappa shape index (κ2) is 15.1. The maximum atomic E-state index is 13.1. The van der Waals surface area contributed by atoms with E-state index in [2.05, 4.69) is 9.98 Å². The molecule has 32 heavy (non-hydrogen) atoms. The highest BCUT2D eigenvalue weighted by Crippen LogP contribution is 2.17. The second-order valence-electron chi connectivity index (χ2n) is 8.01. The predicted molar refractivity (Wildman–Crippen MR) is 127 cm³/mol. The standard InChI is InChI=1S/C26H34F2N2O2/c27-23-11-13-25(31)21(17-23)19-29-15-9-7-5-3-1-2-4-6-8-10-16-30-20-22-18-24(28)12-14-26(22)32/h11-14,17-20,31-32H,1-10,15-16H2. The molecule has 0 heterocycles. The summed E-state index contributed by atoms with van der Waals surface area (Å²) in [6, 6.07) is 7.70. The summed E-state index contributed by atoms with van der Waals surface area (Å²) in [7, 11) is 0. The molecule has 0 amide bonds. The maximum Gasteiger partial charge on any atom is 0.124 e. The fourth-order valence-corrected chi connectivity index (χ4v) is 3.40. The zero-order valence-corrected chi connectivity index (χ0v) is 18.6. The van der Waals surface area contributed by atoms with Gasteiger partial charge >= 0.3 is 0 Å². The molecule has 0 saturated carbocycles. The number of hydrogen-bond donors (Lipinski definition) is 2. The third kappa shape index (κ3) is 10.5. The molecule has 0 aliphatic carbocycles. The molecule has 174 valence electrons. The highest BCUT2D eigenvalue weighted by molar-refractivity contribution is 5.83. The summed E-state index contributed by atoms with van der Waals surface area (Å²) in [5.41, 5.74) is 0.838. The summed E-state index contributed by atoms with van der Waals surface area (Å²) in [6.45, 7) is 1.38. The van der Waals surface area contributed by atoms with Crippen molar-refractivity contribution in [2.45, 2.75) is 64.2 Å². The van der Waals surface area contributed by atoms with Gasteiger partial charge in [0.05, 0.1) is 0 Å². The van der Waals surface area contributed by atoms with Crippen LogP contribution in [-0.4, -0.2) is 35.7 Å². The largest absolute Gasteiger partial charge is 0.507 e. The maximum absolute atomic E-state index is 13.1. The van der Waals surface area contributed by atoms with Crippen molar-refractivity contribution in [2.75, 3.05) is 13.1 Å². The molecular weight excluding hydrogens is 410 g/mol. The highest BCUT2D eigenvalue weighted by atomic mass is 19.1. The summed E-state index contributed by atoms with van der Waals surface area (Å²) >= 11 is 0. The van der Waals surface area contributed by atoms with Crippen LogP contribution in [0.1, 0.15) is 75.3 Å². The zero-order valence-electron chi connectivity index (χ0n) is 18.6. The van der Waals surface area contributed by atoms with Gasteiger partial charge in [-0.15, -0.1) is 0 Å². The number of rotatable bonds is 15. The predicted octanol–water partition coefficient (Wildman–Crippen LogP) is 6.82. The smallest absolute Gasteiger partial charge is 0.124 e. The van der Waals surface area contributed by atoms with Crippen molar-refractivity contribution in [3.05, 3.63) is 59.2 Å². The van der Waals surface area contributed by atoms with Crippen LogP contribution in [-0.2, 0) is 0 Å². The summed E-state index contributed by atoms with van der Waals surface area (Å²) in [4.78, 5) is 8.53. The van der Waals surface area contributed by atoms with Crippen LogP contribution in [0.15, 0.2) is 46.4 Å². The van der Waals surface area contributed by atoms with E-state index >= 15 is 0 Å². The molecule has 0 fully saturated rings. The lowest BCUT2D eigenvalue weighted by molar-refractivity contribution is 0.471. The normalized spacial score (nSPS) is 11.7. The lowest BCUT2D eigenvalue weighted by atomic mass is 10.1. The topological polar surface area (TPSA) is 65.2 Å². The molecule has 0 radical (unpaired) electrons. The molecule has 2 aromatic carbocycles. The first-order valence-electron chi connectivity index (χ1n) is 11.5. The first-order chi connectivity index (χ1) is 15.6. The third-order valence-electron chi connectivity index (χ3n) is 5.26. The van der Waals surface area contributed by atoms with Crippen molar-refractivity contribution in [2.24, 2.45) is 9.98 Å². The van der Waals surface area contributed by atoms with Crippen LogP contribution in [0.2, 0.25) is 0 Å². The Morgan fingerprint density at radius 3 is 1.28 bits per heavy atom. The first kappa shape index (κ1) is 25.5. The molecule has 6 heteroatoms. The van der Waals surface area contributed by atoms with Crippen molar-refractivity contribution in [1.29, 1.82) is 0 Å². The Bertz CT molecular complexity index is 797. The van der Waals surface area contributed by atoms with Crippen LogP contribution in [0, 0.1) is 11.6 Å². The average Bonchev–Trinajstić information content (AvgIpc) is 2.78. The van der Waals surface area contributed by atoms with Gasteiger partial charge in [-0.1, -0.05) is 51.4 Å². The molecule has 0 aromatic heterocycles. The van der Waals surface area contributed by atoms with E-state index in [1.165, 1.54) is 87.4 Å². The summed E-state index contributed by atoms with van der Waals surface area (Å²) in [5.74, 6) is -0.654. The molecule has 2 rings (SSSR count). The number of phenolic OH excluding ortho intramolecular Hbond substituents is 2. The van der Waals surface area contributed by atoms with Crippen LogP contribution >= 0.6 is 0 Å². The van der Waals surface area contributed by atoms with E-state index in [1.54, 1.807) is 0 Å². The van der Waals surface area contributed by atoms with Crippen LogP contribution in [0.25, 0.3) is 0 Å². The molecule has 4 nitrogen and oxygen atoms in total. The number of hydrogen-bond acceptors (Lipinski definition) is 4. The summed E-state index contributed by atoms with van der Waals surface area (Å²) < 4.78 is 26.3. The van der Waals surface area contributed by atoms with E-state index in [9.17, 15) is 19.0 Å². The Morgan fingerprint density at radius 2 is 0.906 bits per heavy atom. The number of aromatic hydroxyl groups is 2. The van der Waals surface area contributed by atoms with Crippen LogP contribution in [0.4, 0.5) is 8.78 Å². The molecule has 0 bridgehead atoms. The molecule has 0 saturated heterocycles. The van der Waals surface area contributed by atoms with Gasteiger partial charge in [-0.05, 0) is 49.2 Å². The molecule has 0 unspecified atom stereocenters. The lowest BCUT2D eigenvalue weighted by Crippen LogP contribution is -1.89. The van der Waals surface area contributed by atoms with E-state index in [4.69, 9.17) is 0 Å². The number of aliphatic imine (C=N–C) groups is 2. The molecule has 2 N–H and O–H groups in total. The van der Waals surface area contributed by atoms with E-state index in [0.29, 0.717) is 24.2 Å². The number of unbranched alkanes of at least 4 members (excludes halogenated alkanes) is 9. The minimum atomic E-state index is -0.375. The molecule has 0 aliphatic heterocycles. The van der Waals surface area contributed by atoms with Crippen LogP contribution in [0.5, 0.6) is 11.5 Å². The Balaban J connectivity index is 1.39. The minimum Gasteiger partial charge on any atom is -0.507 e. The van der Waals surface area contributed by atoms with Crippen LogP contribution in [0.3, 0.4) is 0 Å². The van der Waals surface area contributed by atoms with E-state index in [1.807, 2.05) is 0 Å². The van der Waals surface area contributed by atoms with Crippen molar-refractivity contribution in [3.63, 3.8) is 0 Å². The Hall–Kier alpha value is -2.76. The summed E-state index contributed by atoms with van der Waals surface area (Å²) in [6.07, 6.45) is 14.7. The Labute approximate surface area is 189 Å². The fourth-order valence-electron chi connectivity index (χ4n) is 3.40. The zero-order chi connectivity index (χ0) is 23.0. The lowest BCUT2D eigenvalue weighted by Gasteiger charge is -2.02. The van der Waals surface area contributed by atoms with Gasteiger partial charge in [0.25, 0.3) is 0 Å². The Morgan fingerprint density at radius 1 is 0.562 bits per heavy atom. The van der Waals surface area contributed by atoms with Gasteiger partial charge in [-0.3, -0.25) is 9.98 Å². The van der Waals surface area contributed by atoms with Gasteiger partial charge in [0.2, 0.25) is 0 Å². The van der Waals surface area contributed by atoms with E-state index in [0.717, 1.165) is 25.7 Å². The SMILES string of the molecule is Oc1ccc(F)cc1C=NCCCCCCCCCCCCN=Cc1cc(F)ccc1O. The van der Waals surface area contributed by atoms with Crippen molar-refractivity contribution in [1.82, 2.24) is 0 Å². The average molecular weight is 445 g/mol. The molecule has 0 spiro atoms.